The Morgan fingerprint density at radius 3 is 2.44 bits per heavy atom. The van der Waals surface area contributed by atoms with Gasteiger partial charge >= 0.3 is 12.1 Å². The number of halogens is 3. The minimum Gasteiger partial charge on any atom is -0.466 e. The molecule has 2 N–H and O–H groups in total. The number of esters is 1. The number of hydrogen-bond donors (Lipinski definition) is 2. The summed E-state index contributed by atoms with van der Waals surface area (Å²) in [7, 11) is 3.60. The van der Waals surface area contributed by atoms with Gasteiger partial charge in [-0.2, -0.15) is 18.2 Å². The molecule has 14 nitrogen and oxygen atoms in total. The van der Waals surface area contributed by atoms with Crippen LogP contribution in [-0.2, 0) is 20.4 Å². The lowest BCUT2D eigenvalue weighted by Crippen LogP contribution is -2.49. The summed E-state index contributed by atoms with van der Waals surface area (Å²) in [6.07, 6.45) is 3.98. The van der Waals surface area contributed by atoms with E-state index in [1.807, 2.05) is 11.9 Å². The van der Waals surface area contributed by atoms with Crippen LogP contribution < -0.4 is 10.2 Å². The Morgan fingerprint density at radius 1 is 1.04 bits per heavy atom. The van der Waals surface area contributed by atoms with E-state index in [2.05, 4.69) is 35.1 Å². The Labute approximate surface area is 328 Å². The number of H-pyrrole nitrogens is 1. The van der Waals surface area contributed by atoms with Crippen LogP contribution in [0.1, 0.15) is 89.9 Å². The Morgan fingerprint density at radius 2 is 1.79 bits per heavy atom. The van der Waals surface area contributed by atoms with Crippen LogP contribution >= 0.6 is 0 Å². The number of methoxy groups -OCH3 is 1. The molecule has 17 heteroatoms. The van der Waals surface area contributed by atoms with Crippen molar-refractivity contribution in [2.24, 2.45) is 5.41 Å². The van der Waals surface area contributed by atoms with Crippen LogP contribution in [0.4, 0.5) is 24.8 Å². The molecular formula is C40H48F3N9O5. The van der Waals surface area contributed by atoms with Crippen molar-refractivity contribution in [3.05, 3.63) is 59.2 Å². The Hall–Kier alpha value is -5.16. The molecule has 2 saturated carbocycles. The van der Waals surface area contributed by atoms with E-state index >= 15 is 0 Å². The van der Waals surface area contributed by atoms with Gasteiger partial charge in [0.15, 0.2) is 5.65 Å². The Bertz CT molecular complexity index is 2090. The molecule has 57 heavy (non-hydrogen) atoms. The zero-order valence-electron chi connectivity index (χ0n) is 32.5. The van der Waals surface area contributed by atoms with Gasteiger partial charge in [0, 0.05) is 82.7 Å². The summed E-state index contributed by atoms with van der Waals surface area (Å²) in [6, 6.07) is 5.86. The lowest BCUT2D eigenvalue weighted by atomic mass is 9.86. The van der Waals surface area contributed by atoms with Crippen LogP contribution in [-0.4, -0.2) is 119 Å². The van der Waals surface area contributed by atoms with Crippen molar-refractivity contribution in [1.29, 1.82) is 0 Å². The van der Waals surface area contributed by atoms with Crippen molar-refractivity contribution in [2.45, 2.75) is 64.0 Å². The number of carbonyl (C=O) groups is 3. The maximum atomic E-state index is 14.2. The van der Waals surface area contributed by atoms with Crippen molar-refractivity contribution in [2.75, 3.05) is 76.9 Å². The van der Waals surface area contributed by atoms with Gasteiger partial charge < -0.3 is 24.3 Å². The Balaban J connectivity index is 1.10. The number of aromatic nitrogens is 5. The van der Waals surface area contributed by atoms with E-state index in [4.69, 9.17) is 9.47 Å². The fourth-order valence-electron chi connectivity index (χ4n) is 8.04. The number of piperazine rings is 1. The third-order valence-electron chi connectivity index (χ3n) is 11.1. The van der Waals surface area contributed by atoms with E-state index in [0.29, 0.717) is 88.5 Å². The largest absolute Gasteiger partial charge is 0.466 e. The second-order valence-corrected chi connectivity index (χ2v) is 15.3. The van der Waals surface area contributed by atoms with Crippen molar-refractivity contribution in [3.8, 4) is 11.3 Å². The maximum absolute atomic E-state index is 14.2. The van der Waals surface area contributed by atoms with Gasteiger partial charge in [0.1, 0.15) is 11.2 Å². The molecule has 0 bridgehead atoms. The van der Waals surface area contributed by atoms with Crippen LogP contribution in [0.2, 0.25) is 0 Å². The first-order chi connectivity index (χ1) is 27.4. The third kappa shape index (κ3) is 9.20. The second-order valence-electron chi connectivity index (χ2n) is 15.3. The van der Waals surface area contributed by atoms with Gasteiger partial charge in [-0.05, 0) is 56.9 Å². The molecule has 1 saturated heterocycles. The number of alkyl halides is 3. The molecule has 7 rings (SSSR count). The van der Waals surface area contributed by atoms with Crippen molar-refractivity contribution >= 4 is 40.6 Å². The fourth-order valence-corrected chi connectivity index (χ4v) is 8.04. The molecule has 3 fully saturated rings. The van der Waals surface area contributed by atoms with E-state index in [-0.39, 0.29) is 57.5 Å². The topological polar surface area (TPSA) is 159 Å². The van der Waals surface area contributed by atoms with Crippen LogP contribution in [0.5, 0.6) is 0 Å². The average Bonchev–Trinajstić information content (AvgIpc) is 3.82. The zero-order chi connectivity index (χ0) is 40.3. The van der Waals surface area contributed by atoms with Crippen molar-refractivity contribution in [3.63, 3.8) is 0 Å². The van der Waals surface area contributed by atoms with E-state index < -0.39 is 17.6 Å². The number of imidazole rings is 1. The molecule has 0 atom stereocenters. The summed E-state index contributed by atoms with van der Waals surface area (Å²) in [5, 5.41) is 2.73. The second kappa shape index (κ2) is 16.7. The summed E-state index contributed by atoms with van der Waals surface area (Å²) in [4.78, 5) is 65.1. The van der Waals surface area contributed by atoms with Crippen LogP contribution in [0.25, 0.3) is 22.4 Å². The highest BCUT2D eigenvalue weighted by Crippen LogP contribution is 2.46. The average molecular weight is 792 g/mol. The number of hydrogen-bond acceptors (Lipinski definition) is 11. The minimum absolute atomic E-state index is 0.0472. The SMILES string of the molecule is CCOC(=O)CCN1CCN(C(=O)c2ccc(C(=O)Nc3nc4nc(-c5cnc(C6CC6)c(C(F)(F)F)c5)cc(N(C)CC5(COC)CCCC5)c4[nH]3)nc2)CC1. The van der Waals surface area contributed by atoms with E-state index in [0.717, 1.165) is 31.7 Å². The third-order valence-corrected chi connectivity index (χ3v) is 11.1. The number of fused-ring (bicyclic) bond motifs is 1. The van der Waals surface area contributed by atoms with Crippen LogP contribution in [0.15, 0.2) is 36.7 Å². The first-order valence-corrected chi connectivity index (χ1v) is 19.5. The molecule has 4 aromatic heterocycles. The molecule has 4 aromatic rings. The van der Waals surface area contributed by atoms with Gasteiger partial charge in [-0.25, -0.2) is 4.98 Å². The van der Waals surface area contributed by atoms with Gasteiger partial charge in [0.05, 0.1) is 47.8 Å². The molecular weight excluding hydrogens is 743 g/mol. The molecule has 304 valence electrons. The molecule has 0 spiro atoms. The van der Waals surface area contributed by atoms with Gasteiger partial charge in [-0.15, -0.1) is 0 Å². The van der Waals surface area contributed by atoms with Gasteiger partial charge in [-0.3, -0.25) is 34.6 Å². The number of pyridine rings is 3. The summed E-state index contributed by atoms with van der Waals surface area (Å²) in [5.74, 6) is -1.16. The molecule has 1 aliphatic heterocycles. The smallest absolute Gasteiger partial charge is 0.418 e. The number of ether oxygens (including phenoxy) is 2. The van der Waals surface area contributed by atoms with E-state index in [9.17, 15) is 27.6 Å². The lowest BCUT2D eigenvalue weighted by Gasteiger charge is -2.34. The molecule has 0 aromatic carbocycles. The highest BCUT2D eigenvalue weighted by molar-refractivity contribution is 6.03. The highest BCUT2D eigenvalue weighted by atomic mass is 19.4. The van der Waals surface area contributed by atoms with Crippen LogP contribution in [0.3, 0.4) is 0 Å². The number of amides is 2. The number of aromatic amines is 1. The normalized spacial score (nSPS) is 17.2. The monoisotopic (exact) mass is 791 g/mol. The molecule has 3 aliphatic rings. The maximum Gasteiger partial charge on any atom is 0.418 e. The Kier molecular flexibility index (Phi) is 11.8. The van der Waals surface area contributed by atoms with Gasteiger partial charge in [-0.1, -0.05) is 12.8 Å². The van der Waals surface area contributed by atoms with Crippen molar-refractivity contribution < 1.29 is 37.0 Å². The fraction of sp³-hybridized carbons (Fsp3) is 0.525. The van der Waals surface area contributed by atoms with E-state index in [1.54, 1.807) is 31.1 Å². The number of nitrogens with one attached hydrogen (secondary N) is 2. The van der Waals surface area contributed by atoms with Gasteiger partial charge in [0.2, 0.25) is 5.95 Å². The van der Waals surface area contributed by atoms with Crippen molar-refractivity contribution in [1.82, 2.24) is 34.7 Å². The molecule has 0 radical (unpaired) electrons. The number of anilines is 2. The molecule has 5 heterocycles. The number of carbonyl (C=O) groups excluding carboxylic acids is 3. The number of nitrogens with zero attached hydrogens (tertiary/aromatic N) is 7. The predicted octanol–water partition coefficient (Wildman–Crippen LogP) is 5.92. The summed E-state index contributed by atoms with van der Waals surface area (Å²) < 4.78 is 53.4. The number of rotatable bonds is 14. The summed E-state index contributed by atoms with van der Waals surface area (Å²) >= 11 is 0. The lowest BCUT2D eigenvalue weighted by molar-refractivity contribution is -0.143. The zero-order valence-corrected chi connectivity index (χ0v) is 32.5. The summed E-state index contributed by atoms with van der Waals surface area (Å²) in [6.45, 7) is 6.08. The minimum atomic E-state index is -4.58. The predicted molar refractivity (Wildman–Crippen MR) is 206 cm³/mol. The first-order valence-electron chi connectivity index (χ1n) is 19.5. The van der Waals surface area contributed by atoms with Gasteiger partial charge in [0.25, 0.3) is 11.8 Å². The summed E-state index contributed by atoms with van der Waals surface area (Å²) in [5.41, 5.74) is 1.39. The molecule has 2 amide bonds. The molecule has 2 aliphatic carbocycles. The quantitative estimate of drug-likeness (QED) is 0.146. The van der Waals surface area contributed by atoms with E-state index in [1.165, 1.54) is 18.5 Å². The first kappa shape index (κ1) is 40.1. The van der Waals surface area contributed by atoms with Crippen LogP contribution in [0, 0.1) is 5.41 Å². The standard InChI is InChI=1S/C40H48F3N9O5/c1-4-57-32(53)11-14-51-15-17-52(18-16-51)37(55)26-9-10-29(44-21-26)36(54)49-38-47-34-31(50(2)23-39(24-56-3)12-5-6-13-39)20-30(46-35(34)48-38)27-19-28(40(41,42)43)33(45-22-27)25-7-8-25/h9-10,19-22,25H,4-8,11-18,23-24H2,1-3H3,(H2,46,47,48,49,54). The molecule has 0 unspecified atom stereocenters. The highest BCUT2D eigenvalue weighted by Gasteiger charge is 2.40.